The average Bonchev–Trinajstić information content (AvgIpc) is 2.31. The van der Waals surface area contributed by atoms with E-state index in [0.717, 1.165) is 32.1 Å². The van der Waals surface area contributed by atoms with Gasteiger partial charge in [0.25, 0.3) is 0 Å². The number of benzene rings is 1. The largest absolute Gasteiger partial charge is 0.494 e. The van der Waals surface area contributed by atoms with Gasteiger partial charge in [0, 0.05) is 6.54 Å². The summed E-state index contributed by atoms with van der Waals surface area (Å²) in [5, 5.41) is 3.44. The molecule has 100 valence electrons. The Bertz CT molecular complexity index is 399. The summed E-state index contributed by atoms with van der Waals surface area (Å²) in [6.07, 6.45) is 0. The third-order valence-corrected chi connectivity index (χ3v) is 3.56. The van der Waals surface area contributed by atoms with Crippen molar-refractivity contribution in [3.05, 3.63) is 29.3 Å². The molecular formula is C15H23NO2. The fourth-order valence-corrected chi connectivity index (χ4v) is 2.38. The molecule has 0 radical (unpaired) electrons. The Hall–Kier alpha value is -1.06. The molecule has 0 atom stereocenters. The van der Waals surface area contributed by atoms with Crippen LogP contribution in [0.3, 0.4) is 0 Å². The van der Waals surface area contributed by atoms with Crippen molar-refractivity contribution in [2.45, 2.75) is 26.2 Å². The van der Waals surface area contributed by atoms with Gasteiger partial charge in [-0.3, -0.25) is 0 Å². The summed E-state index contributed by atoms with van der Waals surface area (Å²) >= 11 is 0. The summed E-state index contributed by atoms with van der Waals surface area (Å²) in [7, 11) is 0. The number of aryl methyl sites for hydroxylation is 1. The lowest BCUT2D eigenvalue weighted by molar-refractivity contribution is -0.0588. The van der Waals surface area contributed by atoms with Crippen LogP contribution in [-0.2, 0) is 10.2 Å². The smallest absolute Gasteiger partial charge is 0.122 e. The third kappa shape index (κ3) is 2.52. The van der Waals surface area contributed by atoms with E-state index in [2.05, 4.69) is 37.4 Å². The molecule has 3 heteroatoms. The molecule has 0 aromatic heterocycles. The van der Waals surface area contributed by atoms with Gasteiger partial charge < -0.3 is 14.8 Å². The molecule has 1 heterocycles. The van der Waals surface area contributed by atoms with Gasteiger partial charge in [0.1, 0.15) is 5.75 Å². The summed E-state index contributed by atoms with van der Waals surface area (Å²) in [4.78, 5) is 0. The van der Waals surface area contributed by atoms with E-state index < -0.39 is 0 Å². The fourth-order valence-electron chi connectivity index (χ4n) is 2.38. The first-order chi connectivity index (χ1) is 8.72. The van der Waals surface area contributed by atoms with E-state index in [9.17, 15) is 0 Å². The molecule has 1 aliphatic heterocycles. The summed E-state index contributed by atoms with van der Waals surface area (Å²) in [5.74, 6) is 0.986. The number of ether oxygens (including phenoxy) is 2. The molecule has 1 fully saturated rings. The van der Waals surface area contributed by atoms with Crippen LogP contribution in [0.25, 0.3) is 0 Å². The molecule has 1 saturated heterocycles. The number of rotatable bonds is 6. The van der Waals surface area contributed by atoms with Crippen LogP contribution in [0.15, 0.2) is 18.2 Å². The highest BCUT2D eigenvalue weighted by Crippen LogP contribution is 2.34. The number of nitrogens with one attached hydrogen (secondary N) is 1. The second-order valence-corrected chi connectivity index (χ2v) is 4.97. The maximum atomic E-state index is 5.59. The van der Waals surface area contributed by atoms with Crippen molar-refractivity contribution in [3.8, 4) is 5.75 Å². The van der Waals surface area contributed by atoms with Crippen LogP contribution < -0.4 is 10.1 Å². The zero-order chi connectivity index (χ0) is 13.0. The predicted molar refractivity (Wildman–Crippen MR) is 73.4 cm³/mol. The monoisotopic (exact) mass is 249 g/mol. The third-order valence-electron chi connectivity index (χ3n) is 3.56. The summed E-state index contributed by atoms with van der Waals surface area (Å²) in [5.41, 5.74) is 2.72. The molecule has 2 rings (SSSR count). The van der Waals surface area contributed by atoms with Crippen molar-refractivity contribution in [1.29, 1.82) is 0 Å². The van der Waals surface area contributed by atoms with Crippen LogP contribution >= 0.6 is 0 Å². The van der Waals surface area contributed by atoms with Gasteiger partial charge in [-0.15, -0.1) is 0 Å². The summed E-state index contributed by atoms with van der Waals surface area (Å²) in [6.45, 7) is 10.6. The van der Waals surface area contributed by atoms with Gasteiger partial charge in [-0.1, -0.05) is 19.1 Å². The molecular weight excluding hydrogens is 226 g/mol. The predicted octanol–water partition coefficient (Wildman–Crippen LogP) is 2.27. The zero-order valence-corrected chi connectivity index (χ0v) is 11.6. The molecule has 0 aliphatic carbocycles. The minimum Gasteiger partial charge on any atom is -0.494 e. The molecule has 18 heavy (non-hydrogen) atoms. The Balaban J connectivity index is 2.18. The van der Waals surface area contributed by atoms with Crippen molar-refractivity contribution in [2.24, 2.45) is 0 Å². The average molecular weight is 249 g/mol. The van der Waals surface area contributed by atoms with Crippen molar-refractivity contribution in [2.75, 3.05) is 32.9 Å². The number of hydrogen-bond acceptors (Lipinski definition) is 3. The Morgan fingerprint density at radius 3 is 2.61 bits per heavy atom. The quantitative estimate of drug-likeness (QED) is 0.839. The maximum absolute atomic E-state index is 5.59. The molecule has 0 amide bonds. The molecule has 3 nitrogen and oxygen atoms in total. The molecule has 0 spiro atoms. The van der Waals surface area contributed by atoms with Gasteiger partial charge in [-0.25, -0.2) is 0 Å². The molecule has 0 saturated carbocycles. The first-order valence-electron chi connectivity index (χ1n) is 6.74. The Morgan fingerprint density at radius 1 is 1.33 bits per heavy atom. The van der Waals surface area contributed by atoms with Crippen LogP contribution in [0, 0.1) is 6.92 Å². The lowest BCUT2D eigenvalue weighted by Crippen LogP contribution is -2.53. The van der Waals surface area contributed by atoms with Gasteiger partial charge in [-0.05, 0) is 37.6 Å². The minimum absolute atomic E-state index is 0.158. The van der Waals surface area contributed by atoms with Crippen molar-refractivity contribution in [3.63, 3.8) is 0 Å². The van der Waals surface area contributed by atoms with Crippen molar-refractivity contribution >= 4 is 0 Å². The van der Waals surface area contributed by atoms with E-state index >= 15 is 0 Å². The molecule has 0 unspecified atom stereocenters. The van der Waals surface area contributed by atoms with Gasteiger partial charge in [0.05, 0.1) is 25.2 Å². The van der Waals surface area contributed by atoms with E-state index in [1.54, 1.807) is 0 Å². The van der Waals surface area contributed by atoms with E-state index in [1.807, 2.05) is 6.92 Å². The Labute approximate surface area is 109 Å². The van der Waals surface area contributed by atoms with Crippen LogP contribution in [0.4, 0.5) is 0 Å². The van der Waals surface area contributed by atoms with Crippen molar-refractivity contribution < 1.29 is 9.47 Å². The SMILES string of the molecule is CCNCC1(c2ccc(OCC)c(C)c2)COC1. The second kappa shape index (κ2) is 5.72. The summed E-state index contributed by atoms with van der Waals surface area (Å²) in [6, 6.07) is 6.50. The lowest BCUT2D eigenvalue weighted by atomic mass is 9.78. The minimum atomic E-state index is 0.158. The normalized spacial score (nSPS) is 17.3. The van der Waals surface area contributed by atoms with E-state index in [4.69, 9.17) is 9.47 Å². The first-order valence-corrected chi connectivity index (χ1v) is 6.74. The van der Waals surface area contributed by atoms with Crippen LogP contribution in [0.2, 0.25) is 0 Å². The van der Waals surface area contributed by atoms with Gasteiger partial charge in [0.2, 0.25) is 0 Å². The summed E-state index contributed by atoms with van der Waals surface area (Å²) < 4.78 is 11.0. The first kappa shape index (κ1) is 13.4. The molecule has 1 N–H and O–H groups in total. The topological polar surface area (TPSA) is 30.5 Å². The van der Waals surface area contributed by atoms with Crippen LogP contribution in [0.5, 0.6) is 5.75 Å². The van der Waals surface area contributed by atoms with Crippen LogP contribution in [-0.4, -0.2) is 32.9 Å². The second-order valence-electron chi connectivity index (χ2n) is 4.97. The van der Waals surface area contributed by atoms with Gasteiger partial charge >= 0.3 is 0 Å². The Kier molecular flexibility index (Phi) is 4.25. The lowest BCUT2D eigenvalue weighted by Gasteiger charge is -2.42. The highest BCUT2D eigenvalue weighted by Gasteiger charge is 2.40. The number of hydrogen-bond donors (Lipinski definition) is 1. The molecule has 1 aliphatic rings. The van der Waals surface area contributed by atoms with Gasteiger partial charge in [0.15, 0.2) is 0 Å². The van der Waals surface area contributed by atoms with E-state index in [0.29, 0.717) is 6.61 Å². The fraction of sp³-hybridized carbons (Fsp3) is 0.600. The highest BCUT2D eigenvalue weighted by molar-refractivity contribution is 5.40. The van der Waals surface area contributed by atoms with Gasteiger partial charge in [-0.2, -0.15) is 0 Å². The van der Waals surface area contributed by atoms with Crippen LogP contribution in [0.1, 0.15) is 25.0 Å². The number of likely N-dealkylation sites (N-methyl/N-ethyl adjacent to an activating group) is 1. The maximum Gasteiger partial charge on any atom is 0.122 e. The molecule has 0 bridgehead atoms. The van der Waals surface area contributed by atoms with E-state index in [-0.39, 0.29) is 5.41 Å². The molecule has 1 aromatic carbocycles. The van der Waals surface area contributed by atoms with E-state index in [1.165, 1.54) is 11.1 Å². The highest BCUT2D eigenvalue weighted by atomic mass is 16.5. The standard InChI is InChI=1S/C15H23NO2/c1-4-16-9-15(10-17-11-15)13-6-7-14(18-5-2)12(3)8-13/h6-8,16H,4-5,9-11H2,1-3H3. The zero-order valence-electron chi connectivity index (χ0n) is 11.6. The Morgan fingerprint density at radius 2 is 2.11 bits per heavy atom. The van der Waals surface area contributed by atoms with Crippen molar-refractivity contribution in [1.82, 2.24) is 5.32 Å². The molecule has 1 aromatic rings.